The first-order valence-electron chi connectivity index (χ1n) is 9.45. The van der Waals surface area contributed by atoms with E-state index < -0.39 is 0 Å². The largest absolute Gasteiger partial charge is 0.465 e. The molecule has 1 atom stereocenters. The van der Waals surface area contributed by atoms with Crippen LogP contribution in [0.25, 0.3) is 0 Å². The summed E-state index contributed by atoms with van der Waals surface area (Å²) in [6, 6.07) is 21.4. The van der Waals surface area contributed by atoms with Gasteiger partial charge < -0.3 is 4.74 Å². The Balaban J connectivity index is 1.73. The molecule has 1 fully saturated rings. The number of benzene rings is 2. The highest BCUT2D eigenvalue weighted by Crippen LogP contribution is 2.29. The molecule has 1 aliphatic heterocycles. The van der Waals surface area contributed by atoms with E-state index >= 15 is 0 Å². The number of carbonyl (C=O) groups is 1. The van der Waals surface area contributed by atoms with Gasteiger partial charge in [-0.25, -0.2) is 0 Å². The van der Waals surface area contributed by atoms with Crippen LogP contribution in [0.2, 0.25) is 0 Å². The highest BCUT2D eigenvalue weighted by molar-refractivity contribution is 5.75. The number of nitrogens with zero attached hydrogens (tertiary/aromatic N) is 2. The molecule has 1 aliphatic rings. The highest BCUT2D eigenvalue weighted by atomic mass is 16.5. The molecule has 0 N–H and O–H groups in total. The predicted molar refractivity (Wildman–Crippen MR) is 104 cm³/mol. The lowest BCUT2D eigenvalue weighted by Gasteiger charge is -2.41. The summed E-state index contributed by atoms with van der Waals surface area (Å²) in [4.78, 5) is 16.8. The molecular formula is C22H28N2O2. The van der Waals surface area contributed by atoms with Gasteiger partial charge in [-0.2, -0.15) is 0 Å². The van der Waals surface area contributed by atoms with Crippen molar-refractivity contribution in [1.29, 1.82) is 0 Å². The summed E-state index contributed by atoms with van der Waals surface area (Å²) in [5, 5.41) is 0. The number of carbonyl (C=O) groups excluding carboxylic acids is 1. The molecule has 3 rings (SSSR count). The van der Waals surface area contributed by atoms with Gasteiger partial charge in [-0.1, -0.05) is 60.7 Å². The lowest BCUT2D eigenvalue weighted by atomic mass is 9.96. The van der Waals surface area contributed by atoms with Crippen LogP contribution >= 0.6 is 0 Å². The average Bonchev–Trinajstić information content (AvgIpc) is 2.70. The van der Waals surface area contributed by atoms with Crippen molar-refractivity contribution in [1.82, 2.24) is 9.80 Å². The first-order chi connectivity index (χ1) is 12.7. The van der Waals surface area contributed by atoms with Crippen LogP contribution in [-0.2, 0) is 9.53 Å². The quantitative estimate of drug-likeness (QED) is 0.747. The van der Waals surface area contributed by atoms with Crippen LogP contribution in [0.15, 0.2) is 60.7 Å². The van der Waals surface area contributed by atoms with E-state index in [0.29, 0.717) is 6.61 Å². The normalized spacial score (nSPS) is 17.2. The summed E-state index contributed by atoms with van der Waals surface area (Å²) in [5.74, 6) is -0.122. The molecule has 1 heterocycles. The summed E-state index contributed by atoms with van der Waals surface area (Å²) < 4.78 is 5.18. The van der Waals surface area contributed by atoms with E-state index in [4.69, 9.17) is 4.74 Å². The van der Waals surface area contributed by atoms with Crippen molar-refractivity contribution in [2.24, 2.45) is 0 Å². The molecule has 0 saturated carbocycles. The predicted octanol–water partition coefficient (Wildman–Crippen LogP) is 3.35. The summed E-state index contributed by atoms with van der Waals surface area (Å²) in [7, 11) is 0. The molecule has 1 saturated heterocycles. The molecule has 1 unspecified atom stereocenters. The number of esters is 1. The molecule has 138 valence electrons. The minimum Gasteiger partial charge on any atom is -0.465 e. The zero-order valence-electron chi connectivity index (χ0n) is 15.7. The Morgan fingerprint density at radius 1 is 0.885 bits per heavy atom. The first kappa shape index (κ1) is 18.6. The Morgan fingerprint density at radius 2 is 1.35 bits per heavy atom. The SMILES string of the molecule is CCOC(=O)C(C)N1CCN(C(c2ccccc2)c2ccccc2)CC1. The van der Waals surface area contributed by atoms with Crippen LogP contribution < -0.4 is 0 Å². The van der Waals surface area contributed by atoms with E-state index in [2.05, 4.69) is 70.5 Å². The smallest absolute Gasteiger partial charge is 0.323 e. The average molecular weight is 352 g/mol. The van der Waals surface area contributed by atoms with Crippen molar-refractivity contribution in [3.05, 3.63) is 71.8 Å². The monoisotopic (exact) mass is 352 g/mol. The third-order valence-corrected chi connectivity index (χ3v) is 5.12. The van der Waals surface area contributed by atoms with Gasteiger partial charge in [0.15, 0.2) is 0 Å². The minimum atomic E-state index is -0.177. The molecule has 0 aromatic heterocycles. The van der Waals surface area contributed by atoms with Gasteiger partial charge in [-0.05, 0) is 25.0 Å². The molecule has 26 heavy (non-hydrogen) atoms. The molecule has 0 amide bonds. The molecule has 0 spiro atoms. The third-order valence-electron chi connectivity index (χ3n) is 5.12. The summed E-state index contributed by atoms with van der Waals surface area (Å²) in [5.41, 5.74) is 2.62. The summed E-state index contributed by atoms with van der Waals surface area (Å²) >= 11 is 0. The number of ether oxygens (including phenoxy) is 1. The van der Waals surface area contributed by atoms with Gasteiger partial charge in [0, 0.05) is 26.2 Å². The Kier molecular flexibility index (Phi) is 6.42. The molecular weight excluding hydrogens is 324 g/mol. The van der Waals surface area contributed by atoms with Crippen LogP contribution in [0.3, 0.4) is 0 Å². The van der Waals surface area contributed by atoms with Crippen LogP contribution in [-0.4, -0.2) is 54.6 Å². The van der Waals surface area contributed by atoms with Crippen molar-refractivity contribution in [3.63, 3.8) is 0 Å². The molecule has 4 nitrogen and oxygen atoms in total. The minimum absolute atomic E-state index is 0.122. The van der Waals surface area contributed by atoms with Crippen LogP contribution in [0.5, 0.6) is 0 Å². The van der Waals surface area contributed by atoms with Crippen LogP contribution in [0.1, 0.15) is 31.0 Å². The van der Waals surface area contributed by atoms with E-state index in [-0.39, 0.29) is 18.1 Å². The van der Waals surface area contributed by atoms with Crippen molar-refractivity contribution < 1.29 is 9.53 Å². The molecule has 2 aromatic carbocycles. The second-order valence-electron chi connectivity index (χ2n) is 6.72. The zero-order valence-corrected chi connectivity index (χ0v) is 15.7. The highest BCUT2D eigenvalue weighted by Gasteiger charge is 2.30. The Bertz CT molecular complexity index is 642. The van der Waals surface area contributed by atoms with Gasteiger partial charge in [-0.15, -0.1) is 0 Å². The fraction of sp³-hybridized carbons (Fsp3) is 0.409. The maximum Gasteiger partial charge on any atom is 0.323 e. The molecule has 0 radical (unpaired) electrons. The Labute approximate surface area is 156 Å². The zero-order chi connectivity index (χ0) is 18.4. The maximum atomic E-state index is 12.0. The van der Waals surface area contributed by atoms with Crippen LogP contribution in [0.4, 0.5) is 0 Å². The van der Waals surface area contributed by atoms with Crippen molar-refractivity contribution >= 4 is 5.97 Å². The Hall–Kier alpha value is -2.17. The first-order valence-corrected chi connectivity index (χ1v) is 9.45. The molecule has 2 aromatic rings. The number of rotatable bonds is 6. The van der Waals surface area contributed by atoms with E-state index in [9.17, 15) is 4.79 Å². The molecule has 0 aliphatic carbocycles. The van der Waals surface area contributed by atoms with E-state index in [1.807, 2.05) is 13.8 Å². The fourth-order valence-electron chi connectivity index (χ4n) is 3.68. The molecule has 0 bridgehead atoms. The van der Waals surface area contributed by atoms with Gasteiger partial charge >= 0.3 is 5.97 Å². The second-order valence-corrected chi connectivity index (χ2v) is 6.72. The topological polar surface area (TPSA) is 32.8 Å². The van der Waals surface area contributed by atoms with E-state index in [1.165, 1.54) is 11.1 Å². The maximum absolute atomic E-state index is 12.0. The third kappa shape index (κ3) is 4.32. The summed E-state index contributed by atoms with van der Waals surface area (Å²) in [6.45, 7) is 7.84. The van der Waals surface area contributed by atoms with Crippen molar-refractivity contribution in [2.45, 2.75) is 25.9 Å². The van der Waals surface area contributed by atoms with Crippen molar-refractivity contribution in [2.75, 3.05) is 32.8 Å². The van der Waals surface area contributed by atoms with Gasteiger partial charge in [0.1, 0.15) is 6.04 Å². The van der Waals surface area contributed by atoms with Gasteiger partial charge in [0.05, 0.1) is 12.6 Å². The number of hydrogen-bond acceptors (Lipinski definition) is 4. The lowest BCUT2D eigenvalue weighted by Crippen LogP contribution is -2.52. The second kappa shape index (κ2) is 8.97. The van der Waals surface area contributed by atoms with E-state index in [0.717, 1.165) is 26.2 Å². The summed E-state index contributed by atoms with van der Waals surface area (Å²) in [6.07, 6.45) is 0. The van der Waals surface area contributed by atoms with Gasteiger partial charge in [0.25, 0.3) is 0 Å². The number of piperazine rings is 1. The number of hydrogen-bond donors (Lipinski definition) is 0. The molecule has 4 heteroatoms. The van der Waals surface area contributed by atoms with Crippen molar-refractivity contribution in [3.8, 4) is 0 Å². The van der Waals surface area contributed by atoms with Crippen LogP contribution in [0, 0.1) is 0 Å². The van der Waals surface area contributed by atoms with Gasteiger partial charge in [0.2, 0.25) is 0 Å². The lowest BCUT2D eigenvalue weighted by molar-refractivity contribution is -0.149. The Morgan fingerprint density at radius 3 is 1.81 bits per heavy atom. The van der Waals surface area contributed by atoms with Gasteiger partial charge in [-0.3, -0.25) is 14.6 Å². The standard InChI is InChI=1S/C22H28N2O2/c1-3-26-22(25)18(2)23-14-16-24(17-15-23)21(19-10-6-4-7-11-19)20-12-8-5-9-13-20/h4-13,18,21H,3,14-17H2,1-2H3. The van der Waals surface area contributed by atoms with E-state index in [1.54, 1.807) is 0 Å². The fourth-order valence-corrected chi connectivity index (χ4v) is 3.68.